The minimum Gasteiger partial charge on any atom is -0.384 e. The third-order valence-corrected chi connectivity index (χ3v) is 3.39. The maximum Gasteiger partial charge on any atom is 0.134 e. The Morgan fingerprint density at radius 3 is 2.53 bits per heavy atom. The maximum absolute atomic E-state index is 14.2. The van der Waals surface area contributed by atoms with Crippen molar-refractivity contribution in [1.82, 2.24) is 9.97 Å². The summed E-state index contributed by atoms with van der Waals surface area (Å²) in [7, 11) is 0. The third kappa shape index (κ3) is 2.30. The lowest BCUT2D eigenvalue weighted by Gasteiger charge is -2.10. The summed E-state index contributed by atoms with van der Waals surface area (Å²) in [6, 6.07) is 5.12. The molecule has 1 aromatic heterocycles. The van der Waals surface area contributed by atoms with Crippen molar-refractivity contribution in [2.45, 2.75) is 32.6 Å². The number of halogens is 1. The third-order valence-electron chi connectivity index (χ3n) is 3.39. The quantitative estimate of drug-likeness (QED) is 0.897. The first-order chi connectivity index (χ1) is 9.04. The van der Waals surface area contributed by atoms with Crippen LogP contribution in [0.2, 0.25) is 0 Å². The van der Waals surface area contributed by atoms with Crippen LogP contribution in [-0.2, 0) is 0 Å². The molecule has 1 heterocycles. The summed E-state index contributed by atoms with van der Waals surface area (Å²) in [5.74, 6) is 1.30. The first-order valence-electron chi connectivity index (χ1n) is 6.46. The molecule has 1 saturated carbocycles. The van der Waals surface area contributed by atoms with Crippen molar-refractivity contribution in [3.63, 3.8) is 0 Å². The summed E-state index contributed by atoms with van der Waals surface area (Å²) in [4.78, 5) is 8.73. The van der Waals surface area contributed by atoms with Crippen LogP contribution in [0.15, 0.2) is 18.2 Å². The van der Waals surface area contributed by atoms with Gasteiger partial charge in [-0.2, -0.15) is 0 Å². The van der Waals surface area contributed by atoms with Gasteiger partial charge in [0.05, 0.1) is 5.69 Å². The van der Waals surface area contributed by atoms with Crippen LogP contribution in [0.1, 0.15) is 35.7 Å². The van der Waals surface area contributed by atoms with E-state index < -0.39 is 0 Å². The number of hydrogen-bond donors (Lipinski definition) is 1. The summed E-state index contributed by atoms with van der Waals surface area (Å²) in [5.41, 5.74) is 8.71. The fraction of sp³-hybridized carbons (Fsp3) is 0.333. The normalized spacial score (nSPS) is 14.7. The van der Waals surface area contributed by atoms with Crippen LogP contribution >= 0.6 is 0 Å². The molecule has 98 valence electrons. The van der Waals surface area contributed by atoms with Crippen LogP contribution in [0.3, 0.4) is 0 Å². The molecular weight excluding hydrogens is 241 g/mol. The summed E-state index contributed by atoms with van der Waals surface area (Å²) < 4.78 is 14.2. The Morgan fingerprint density at radius 1 is 1.16 bits per heavy atom. The van der Waals surface area contributed by atoms with Crippen LogP contribution in [-0.4, -0.2) is 9.97 Å². The first-order valence-corrected chi connectivity index (χ1v) is 6.46. The Morgan fingerprint density at radius 2 is 1.89 bits per heavy atom. The van der Waals surface area contributed by atoms with Crippen molar-refractivity contribution in [2.75, 3.05) is 5.73 Å². The number of anilines is 1. The molecule has 1 aliphatic carbocycles. The Labute approximate surface area is 111 Å². The first kappa shape index (κ1) is 12.1. The molecule has 2 aromatic rings. The molecule has 0 aliphatic heterocycles. The molecule has 0 spiro atoms. The second-order valence-electron chi connectivity index (χ2n) is 5.25. The molecule has 0 atom stereocenters. The van der Waals surface area contributed by atoms with E-state index in [-0.39, 0.29) is 5.82 Å². The molecule has 19 heavy (non-hydrogen) atoms. The van der Waals surface area contributed by atoms with Gasteiger partial charge in [-0.1, -0.05) is 6.07 Å². The predicted octanol–water partition coefficient (Wildman–Crippen LogP) is 3.36. The van der Waals surface area contributed by atoms with Crippen LogP contribution in [0.4, 0.5) is 10.2 Å². The topological polar surface area (TPSA) is 51.8 Å². The van der Waals surface area contributed by atoms with Crippen LogP contribution in [0, 0.1) is 19.7 Å². The summed E-state index contributed by atoms with van der Waals surface area (Å²) in [5, 5.41) is 0. The molecule has 0 radical (unpaired) electrons. The van der Waals surface area contributed by atoms with Gasteiger partial charge in [-0.05, 0) is 43.9 Å². The number of nitrogen functional groups attached to an aromatic ring is 1. The van der Waals surface area contributed by atoms with E-state index in [0.717, 1.165) is 29.8 Å². The van der Waals surface area contributed by atoms with Crippen LogP contribution < -0.4 is 5.73 Å². The van der Waals surface area contributed by atoms with E-state index in [9.17, 15) is 4.39 Å². The molecule has 0 amide bonds. The van der Waals surface area contributed by atoms with Crippen LogP contribution in [0.25, 0.3) is 11.3 Å². The Hall–Kier alpha value is -1.97. The molecule has 2 N–H and O–H groups in total. The van der Waals surface area contributed by atoms with E-state index in [1.165, 1.54) is 6.07 Å². The standard InChI is InChI=1S/C15H16FN3/c1-8-5-9(2)14(11(16)6-8)12-7-13(17)19-15(18-12)10-3-4-10/h5-7,10H,3-4H2,1-2H3,(H2,17,18,19). The zero-order chi connectivity index (χ0) is 13.6. The zero-order valence-corrected chi connectivity index (χ0v) is 11.1. The molecule has 0 bridgehead atoms. The Kier molecular flexibility index (Phi) is 2.73. The summed E-state index contributed by atoms with van der Waals surface area (Å²) >= 11 is 0. The fourth-order valence-corrected chi connectivity index (χ4v) is 2.38. The monoisotopic (exact) mass is 257 g/mol. The molecule has 3 nitrogen and oxygen atoms in total. The van der Waals surface area contributed by atoms with E-state index >= 15 is 0 Å². The molecule has 4 heteroatoms. The smallest absolute Gasteiger partial charge is 0.134 e. The number of nitrogens with two attached hydrogens (primary N) is 1. The average Bonchev–Trinajstić information content (AvgIpc) is 3.10. The number of nitrogens with zero attached hydrogens (tertiary/aromatic N) is 2. The van der Waals surface area contributed by atoms with E-state index in [1.807, 2.05) is 19.9 Å². The van der Waals surface area contributed by atoms with Gasteiger partial charge in [0.2, 0.25) is 0 Å². The molecular formula is C15H16FN3. The van der Waals surface area contributed by atoms with Gasteiger partial charge in [-0.25, -0.2) is 14.4 Å². The van der Waals surface area contributed by atoms with E-state index in [4.69, 9.17) is 5.73 Å². The SMILES string of the molecule is Cc1cc(C)c(-c2cc(N)nc(C3CC3)n2)c(F)c1. The fourth-order valence-electron chi connectivity index (χ4n) is 2.38. The van der Waals surface area contributed by atoms with Gasteiger partial charge in [-0.15, -0.1) is 0 Å². The Balaban J connectivity index is 2.16. The lowest BCUT2D eigenvalue weighted by Crippen LogP contribution is -2.02. The van der Waals surface area contributed by atoms with Crippen molar-refractivity contribution in [3.8, 4) is 11.3 Å². The molecule has 1 fully saturated rings. The summed E-state index contributed by atoms with van der Waals surface area (Å²) in [6.07, 6.45) is 2.19. The minimum atomic E-state index is -0.252. The van der Waals surface area contributed by atoms with E-state index in [2.05, 4.69) is 9.97 Å². The predicted molar refractivity (Wildman–Crippen MR) is 73.3 cm³/mol. The maximum atomic E-state index is 14.2. The number of hydrogen-bond acceptors (Lipinski definition) is 3. The van der Waals surface area contributed by atoms with Crippen molar-refractivity contribution < 1.29 is 4.39 Å². The molecule has 0 unspecified atom stereocenters. The number of benzene rings is 1. The Bertz CT molecular complexity index is 625. The second kappa shape index (κ2) is 4.30. The van der Waals surface area contributed by atoms with Gasteiger partial charge in [-0.3, -0.25) is 0 Å². The van der Waals surface area contributed by atoms with Gasteiger partial charge in [0.1, 0.15) is 17.5 Å². The molecule has 0 saturated heterocycles. The van der Waals surface area contributed by atoms with Crippen molar-refractivity contribution in [3.05, 3.63) is 41.0 Å². The van der Waals surface area contributed by atoms with Gasteiger partial charge >= 0.3 is 0 Å². The van der Waals surface area contributed by atoms with Gasteiger partial charge in [0.25, 0.3) is 0 Å². The second-order valence-corrected chi connectivity index (χ2v) is 5.25. The number of aromatic nitrogens is 2. The average molecular weight is 257 g/mol. The van der Waals surface area contributed by atoms with Crippen LogP contribution in [0.5, 0.6) is 0 Å². The van der Waals surface area contributed by atoms with Gasteiger partial charge in [0.15, 0.2) is 0 Å². The van der Waals surface area contributed by atoms with E-state index in [0.29, 0.717) is 23.0 Å². The van der Waals surface area contributed by atoms with Crippen molar-refractivity contribution in [2.24, 2.45) is 0 Å². The van der Waals surface area contributed by atoms with Gasteiger partial charge in [0, 0.05) is 17.5 Å². The highest BCUT2D eigenvalue weighted by molar-refractivity contribution is 5.67. The lowest BCUT2D eigenvalue weighted by atomic mass is 10.0. The highest BCUT2D eigenvalue weighted by Crippen LogP contribution is 2.39. The molecule has 1 aromatic carbocycles. The minimum absolute atomic E-state index is 0.252. The highest BCUT2D eigenvalue weighted by Gasteiger charge is 2.27. The van der Waals surface area contributed by atoms with E-state index in [1.54, 1.807) is 6.07 Å². The largest absolute Gasteiger partial charge is 0.384 e. The van der Waals surface area contributed by atoms with Gasteiger partial charge < -0.3 is 5.73 Å². The van der Waals surface area contributed by atoms with Crippen molar-refractivity contribution in [1.29, 1.82) is 0 Å². The summed E-state index contributed by atoms with van der Waals surface area (Å²) in [6.45, 7) is 3.77. The highest BCUT2D eigenvalue weighted by atomic mass is 19.1. The molecule has 1 aliphatic rings. The zero-order valence-electron chi connectivity index (χ0n) is 11.1. The lowest BCUT2D eigenvalue weighted by molar-refractivity contribution is 0.628. The number of aryl methyl sites for hydroxylation is 2. The molecule has 3 rings (SSSR count). The van der Waals surface area contributed by atoms with Crippen molar-refractivity contribution >= 4 is 5.82 Å². The number of rotatable bonds is 2.